The molecule has 4 rings (SSSR count). The van der Waals surface area contributed by atoms with Gasteiger partial charge in [-0.15, -0.1) is 0 Å². The van der Waals surface area contributed by atoms with Crippen LogP contribution in [0, 0.1) is 12.7 Å². The molecule has 3 heterocycles. The smallest absolute Gasteiger partial charge is 0.156 e. The Morgan fingerprint density at radius 1 is 0.920 bits per heavy atom. The van der Waals surface area contributed by atoms with E-state index in [9.17, 15) is 4.39 Å². The first kappa shape index (κ1) is 15.1. The van der Waals surface area contributed by atoms with Crippen LogP contribution in [0.2, 0.25) is 0 Å². The summed E-state index contributed by atoms with van der Waals surface area (Å²) in [5.41, 5.74) is 4.34. The molecule has 0 amide bonds. The Morgan fingerprint density at radius 2 is 1.68 bits per heavy atom. The van der Waals surface area contributed by atoms with Gasteiger partial charge in [-0.05, 0) is 48.9 Å². The van der Waals surface area contributed by atoms with Gasteiger partial charge in [0.1, 0.15) is 17.8 Å². The standard InChI is InChI=1S/C19H14FN5/c1-13-10-18(23-12-22-13)25-11-17(14-6-8-21-9-7-14)19(24-25)15-2-4-16(20)5-3-15/h2-12H,1H3. The Kier molecular flexibility index (Phi) is 3.78. The number of halogens is 1. The highest BCUT2D eigenvalue weighted by Crippen LogP contribution is 2.31. The van der Waals surface area contributed by atoms with Crippen LogP contribution >= 0.6 is 0 Å². The molecule has 1 aromatic carbocycles. The normalized spacial score (nSPS) is 10.8. The molecule has 4 aromatic rings. The van der Waals surface area contributed by atoms with Crippen molar-refractivity contribution in [1.29, 1.82) is 0 Å². The van der Waals surface area contributed by atoms with Gasteiger partial charge in [0.05, 0.1) is 0 Å². The molecule has 0 aliphatic heterocycles. The number of hydrogen-bond donors (Lipinski definition) is 0. The van der Waals surface area contributed by atoms with E-state index >= 15 is 0 Å². The first-order chi connectivity index (χ1) is 12.2. The van der Waals surface area contributed by atoms with Crippen LogP contribution in [0.3, 0.4) is 0 Å². The largest absolute Gasteiger partial charge is 0.265 e. The quantitative estimate of drug-likeness (QED) is 0.572. The Morgan fingerprint density at radius 3 is 2.40 bits per heavy atom. The molecule has 3 aromatic heterocycles. The zero-order chi connectivity index (χ0) is 17.2. The van der Waals surface area contributed by atoms with Crippen LogP contribution in [0.4, 0.5) is 4.39 Å². The minimum atomic E-state index is -0.278. The van der Waals surface area contributed by atoms with Crippen molar-refractivity contribution in [3.05, 3.63) is 78.9 Å². The summed E-state index contributed by atoms with van der Waals surface area (Å²) in [5, 5.41) is 4.68. The van der Waals surface area contributed by atoms with Crippen molar-refractivity contribution in [2.45, 2.75) is 6.92 Å². The number of pyridine rings is 1. The first-order valence-corrected chi connectivity index (χ1v) is 7.76. The molecule has 0 bridgehead atoms. The second-order valence-electron chi connectivity index (χ2n) is 5.60. The van der Waals surface area contributed by atoms with Gasteiger partial charge in [-0.1, -0.05) is 0 Å². The second kappa shape index (κ2) is 6.24. The lowest BCUT2D eigenvalue weighted by molar-refractivity contribution is 0.628. The Hall–Kier alpha value is -3.41. The molecule has 0 radical (unpaired) electrons. The Bertz CT molecular complexity index is 1010. The van der Waals surface area contributed by atoms with Gasteiger partial charge in [0, 0.05) is 41.5 Å². The summed E-state index contributed by atoms with van der Waals surface area (Å²) < 4.78 is 15.0. The molecule has 122 valence electrons. The molecular weight excluding hydrogens is 317 g/mol. The highest BCUT2D eigenvalue weighted by Gasteiger charge is 2.15. The lowest BCUT2D eigenvalue weighted by atomic mass is 10.0. The summed E-state index contributed by atoms with van der Waals surface area (Å²) >= 11 is 0. The van der Waals surface area contributed by atoms with Crippen molar-refractivity contribution < 1.29 is 4.39 Å². The van der Waals surface area contributed by atoms with E-state index < -0.39 is 0 Å². The fourth-order valence-electron chi connectivity index (χ4n) is 2.62. The van der Waals surface area contributed by atoms with Crippen molar-refractivity contribution in [1.82, 2.24) is 24.7 Å². The number of aromatic nitrogens is 5. The number of hydrogen-bond acceptors (Lipinski definition) is 4. The summed E-state index contributed by atoms with van der Waals surface area (Å²) in [4.78, 5) is 12.5. The van der Waals surface area contributed by atoms with E-state index in [0.29, 0.717) is 5.82 Å². The average molecular weight is 331 g/mol. The molecule has 5 nitrogen and oxygen atoms in total. The minimum Gasteiger partial charge on any atom is -0.265 e. The van der Waals surface area contributed by atoms with Crippen LogP contribution in [-0.2, 0) is 0 Å². The maximum atomic E-state index is 13.3. The highest BCUT2D eigenvalue weighted by molar-refractivity contribution is 5.80. The van der Waals surface area contributed by atoms with E-state index in [1.807, 2.05) is 31.3 Å². The van der Waals surface area contributed by atoms with E-state index in [1.165, 1.54) is 18.5 Å². The highest BCUT2D eigenvalue weighted by atomic mass is 19.1. The van der Waals surface area contributed by atoms with Crippen LogP contribution in [-0.4, -0.2) is 24.7 Å². The molecule has 0 N–H and O–H groups in total. The van der Waals surface area contributed by atoms with Gasteiger partial charge in [-0.25, -0.2) is 19.0 Å². The molecule has 0 aliphatic rings. The predicted molar refractivity (Wildman–Crippen MR) is 92.5 cm³/mol. The molecule has 0 fully saturated rings. The minimum absolute atomic E-state index is 0.278. The zero-order valence-electron chi connectivity index (χ0n) is 13.5. The molecule has 0 unspecified atom stereocenters. The van der Waals surface area contributed by atoms with Crippen molar-refractivity contribution in [2.24, 2.45) is 0 Å². The Labute approximate surface area is 143 Å². The Balaban J connectivity index is 1.90. The second-order valence-corrected chi connectivity index (χ2v) is 5.60. The van der Waals surface area contributed by atoms with Crippen LogP contribution in [0.1, 0.15) is 5.69 Å². The zero-order valence-corrected chi connectivity index (χ0v) is 13.5. The third-order valence-electron chi connectivity index (χ3n) is 3.85. The summed E-state index contributed by atoms with van der Waals surface area (Å²) in [5.74, 6) is 0.399. The van der Waals surface area contributed by atoms with Gasteiger partial charge in [0.15, 0.2) is 5.82 Å². The third kappa shape index (κ3) is 3.01. The summed E-state index contributed by atoms with van der Waals surface area (Å²) in [6.45, 7) is 1.90. The van der Waals surface area contributed by atoms with Crippen LogP contribution in [0.25, 0.3) is 28.2 Å². The van der Waals surface area contributed by atoms with Crippen molar-refractivity contribution >= 4 is 0 Å². The summed E-state index contributed by atoms with van der Waals surface area (Å²) in [7, 11) is 0. The van der Waals surface area contributed by atoms with E-state index in [0.717, 1.165) is 28.1 Å². The van der Waals surface area contributed by atoms with Crippen LogP contribution in [0.5, 0.6) is 0 Å². The SMILES string of the molecule is Cc1cc(-n2cc(-c3ccncc3)c(-c3ccc(F)cc3)n2)ncn1. The summed E-state index contributed by atoms with van der Waals surface area (Å²) in [6.07, 6.45) is 6.89. The molecule has 0 spiro atoms. The van der Waals surface area contributed by atoms with Gasteiger partial charge >= 0.3 is 0 Å². The fraction of sp³-hybridized carbons (Fsp3) is 0.0526. The van der Waals surface area contributed by atoms with Gasteiger partial charge in [0.25, 0.3) is 0 Å². The van der Waals surface area contributed by atoms with Crippen molar-refractivity contribution in [3.63, 3.8) is 0 Å². The number of nitrogens with zero attached hydrogens (tertiary/aromatic N) is 5. The molecule has 0 atom stereocenters. The van der Waals surface area contributed by atoms with E-state index in [2.05, 4.69) is 20.1 Å². The predicted octanol–water partition coefficient (Wildman–Crippen LogP) is 3.84. The van der Waals surface area contributed by atoms with Crippen molar-refractivity contribution in [3.8, 4) is 28.2 Å². The molecular formula is C19H14FN5. The van der Waals surface area contributed by atoms with E-state index in [4.69, 9.17) is 0 Å². The fourth-order valence-corrected chi connectivity index (χ4v) is 2.62. The van der Waals surface area contributed by atoms with E-state index in [-0.39, 0.29) is 5.82 Å². The van der Waals surface area contributed by atoms with Gasteiger partial charge in [-0.2, -0.15) is 5.10 Å². The van der Waals surface area contributed by atoms with Gasteiger partial charge in [0.2, 0.25) is 0 Å². The van der Waals surface area contributed by atoms with Crippen LogP contribution < -0.4 is 0 Å². The lowest BCUT2D eigenvalue weighted by Gasteiger charge is -2.02. The molecule has 0 aliphatic carbocycles. The van der Waals surface area contributed by atoms with Gasteiger partial charge in [-0.3, -0.25) is 4.98 Å². The maximum absolute atomic E-state index is 13.3. The lowest BCUT2D eigenvalue weighted by Crippen LogP contribution is -1.99. The number of aryl methyl sites for hydroxylation is 1. The van der Waals surface area contributed by atoms with Crippen molar-refractivity contribution in [2.75, 3.05) is 0 Å². The number of benzene rings is 1. The number of rotatable bonds is 3. The third-order valence-corrected chi connectivity index (χ3v) is 3.85. The molecule has 0 saturated heterocycles. The average Bonchev–Trinajstić information content (AvgIpc) is 3.08. The molecule has 25 heavy (non-hydrogen) atoms. The van der Waals surface area contributed by atoms with Gasteiger partial charge < -0.3 is 0 Å². The topological polar surface area (TPSA) is 56.5 Å². The summed E-state index contributed by atoms with van der Waals surface area (Å²) in [6, 6.07) is 12.0. The first-order valence-electron chi connectivity index (χ1n) is 7.76. The monoisotopic (exact) mass is 331 g/mol. The molecule has 0 saturated carbocycles. The van der Waals surface area contributed by atoms with E-state index in [1.54, 1.807) is 29.2 Å². The maximum Gasteiger partial charge on any atom is 0.156 e. The van der Waals surface area contributed by atoms with Crippen LogP contribution in [0.15, 0.2) is 67.4 Å². The molecule has 6 heteroatoms.